The summed E-state index contributed by atoms with van der Waals surface area (Å²) in [5.74, 6) is 0.535. The van der Waals surface area contributed by atoms with Gasteiger partial charge in [-0.2, -0.15) is 0 Å². The molecule has 1 heterocycles. The van der Waals surface area contributed by atoms with Crippen LogP contribution < -0.4 is 0 Å². The third-order valence-electron chi connectivity index (χ3n) is 3.24. The highest BCUT2D eigenvalue weighted by atomic mass is 32.1. The second-order valence-corrected chi connectivity index (χ2v) is 5.09. The Balaban J connectivity index is 2.18. The Kier molecular flexibility index (Phi) is 2.43. The van der Waals surface area contributed by atoms with Gasteiger partial charge in [0.05, 0.1) is 6.10 Å². The van der Waals surface area contributed by atoms with Crippen molar-refractivity contribution in [1.29, 1.82) is 0 Å². The molecule has 0 aromatic carbocycles. The van der Waals surface area contributed by atoms with Crippen molar-refractivity contribution in [2.24, 2.45) is 5.92 Å². The van der Waals surface area contributed by atoms with E-state index in [4.69, 9.17) is 0 Å². The van der Waals surface area contributed by atoms with E-state index in [0.717, 1.165) is 0 Å². The molecule has 1 aromatic heterocycles. The second kappa shape index (κ2) is 3.43. The third kappa shape index (κ3) is 1.53. The summed E-state index contributed by atoms with van der Waals surface area (Å²) in [6.45, 7) is 4.24. The highest BCUT2D eigenvalue weighted by Gasteiger charge is 2.28. The van der Waals surface area contributed by atoms with Crippen LogP contribution in [0.3, 0.4) is 0 Å². The molecule has 72 valence electrons. The average Bonchev–Trinajstić information content (AvgIpc) is 2.29. The molecule has 0 radical (unpaired) electrons. The van der Waals surface area contributed by atoms with E-state index in [1.54, 1.807) is 11.3 Å². The summed E-state index contributed by atoms with van der Waals surface area (Å²) in [6.07, 6.45) is 3.51. The Hall–Kier alpha value is -0.340. The van der Waals surface area contributed by atoms with Crippen molar-refractivity contribution in [3.05, 3.63) is 21.4 Å². The molecule has 2 rings (SSSR count). The Morgan fingerprint density at radius 2 is 2.15 bits per heavy atom. The van der Waals surface area contributed by atoms with E-state index in [1.807, 2.05) is 0 Å². The molecule has 1 saturated carbocycles. The van der Waals surface area contributed by atoms with Crippen LogP contribution in [0.15, 0.2) is 5.38 Å². The minimum absolute atomic E-state index is 0.196. The lowest BCUT2D eigenvalue weighted by Gasteiger charge is -2.30. The van der Waals surface area contributed by atoms with E-state index in [2.05, 4.69) is 19.2 Å². The van der Waals surface area contributed by atoms with Crippen LogP contribution in [0.5, 0.6) is 0 Å². The number of aryl methyl sites for hydroxylation is 1. The fourth-order valence-corrected chi connectivity index (χ4v) is 2.75. The molecule has 2 heteroatoms. The lowest BCUT2D eigenvalue weighted by atomic mass is 9.78. The number of hydrogen-bond donors (Lipinski definition) is 1. The van der Waals surface area contributed by atoms with Gasteiger partial charge in [0, 0.05) is 4.88 Å². The van der Waals surface area contributed by atoms with E-state index in [1.165, 1.54) is 35.3 Å². The van der Waals surface area contributed by atoms with E-state index >= 15 is 0 Å². The monoisotopic (exact) mass is 196 g/mol. The van der Waals surface area contributed by atoms with Gasteiger partial charge in [-0.25, -0.2) is 0 Å². The first kappa shape index (κ1) is 9.22. The van der Waals surface area contributed by atoms with Crippen LogP contribution >= 0.6 is 11.3 Å². The van der Waals surface area contributed by atoms with Crippen LogP contribution in [0, 0.1) is 19.8 Å². The predicted octanol–water partition coefficient (Wildman–Crippen LogP) is 3.20. The first-order chi connectivity index (χ1) is 6.20. The highest BCUT2D eigenvalue weighted by molar-refractivity contribution is 7.10. The first-order valence-corrected chi connectivity index (χ1v) is 5.80. The molecular formula is C11H16OS. The smallest absolute Gasteiger partial charge is 0.0828 e. The number of rotatable bonds is 2. The van der Waals surface area contributed by atoms with E-state index in [0.29, 0.717) is 5.92 Å². The number of aliphatic hydroxyl groups excluding tert-OH is 1. The van der Waals surface area contributed by atoms with Gasteiger partial charge < -0.3 is 5.11 Å². The van der Waals surface area contributed by atoms with Crippen molar-refractivity contribution in [3.63, 3.8) is 0 Å². The molecule has 0 bridgehead atoms. The Morgan fingerprint density at radius 3 is 2.54 bits per heavy atom. The molecule has 1 aliphatic rings. The molecule has 13 heavy (non-hydrogen) atoms. The predicted molar refractivity (Wildman–Crippen MR) is 56.1 cm³/mol. The second-order valence-electron chi connectivity index (χ2n) is 4.01. The number of hydrogen-bond acceptors (Lipinski definition) is 2. The van der Waals surface area contributed by atoms with Gasteiger partial charge in [0.1, 0.15) is 0 Å². The molecule has 1 fully saturated rings. The van der Waals surface area contributed by atoms with Crippen molar-refractivity contribution in [2.75, 3.05) is 0 Å². The molecule has 0 aliphatic heterocycles. The molecular weight excluding hydrogens is 180 g/mol. The van der Waals surface area contributed by atoms with Gasteiger partial charge in [0.25, 0.3) is 0 Å². The van der Waals surface area contributed by atoms with E-state index in [-0.39, 0.29) is 6.10 Å². The largest absolute Gasteiger partial charge is 0.388 e. The Labute approximate surface area is 83.4 Å². The van der Waals surface area contributed by atoms with Crippen LogP contribution in [0.1, 0.15) is 41.4 Å². The number of aliphatic hydroxyl groups is 1. The summed E-state index contributed by atoms with van der Waals surface area (Å²) in [4.78, 5) is 1.34. The van der Waals surface area contributed by atoms with Crippen LogP contribution in [0.25, 0.3) is 0 Å². The maximum absolute atomic E-state index is 10.0. The lowest BCUT2D eigenvalue weighted by Crippen LogP contribution is -2.20. The van der Waals surface area contributed by atoms with Crippen LogP contribution in [-0.4, -0.2) is 5.11 Å². The quantitative estimate of drug-likeness (QED) is 0.770. The summed E-state index contributed by atoms with van der Waals surface area (Å²) in [5, 5.41) is 12.2. The maximum Gasteiger partial charge on any atom is 0.0828 e. The molecule has 0 amide bonds. The summed E-state index contributed by atoms with van der Waals surface area (Å²) in [6, 6.07) is 0. The van der Waals surface area contributed by atoms with Crippen molar-refractivity contribution >= 4 is 11.3 Å². The van der Waals surface area contributed by atoms with Gasteiger partial charge in [0.2, 0.25) is 0 Å². The van der Waals surface area contributed by atoms with Gasteiger partial charge in [-0.05, 0) is 49.1 Å². The summed E-state index contributed by atoms with van der Waals surface area (Å²) >= 11 is 1.75. The van der Waals surface area contributed by atoms with Gasteiger partial charge in [0.15, 0.2) is 0 Å². The highest BCUT2D eigenvalue weighted by Crippen LogP contribution is 2.40. The minimum atomic E-state index is -0.196. The summed E-state index contributed by atoms with van der Waals surface area (Å²) in [5.41, 5.74) is 2.47. The van der Waals surface area contributed by atoms with Crippen molar-refractivity contribution < 1.29 is 5.11 Å². The summed E-state index contributed by atoms with van der Waals surface area (Å²) in [7, 11) is 0. The molecule has 0 saturated heterocycles. The van der Waals surface area contributed by atoms with Gasteiger partial charge in [-0.15, -0.1) is 11.3 Å². The lowest BCUT2D eigenvalue weighted by molar-refractivity contribution is 0.0619. The van der Waals surface area contributed by atoms with Crippen LogP contribution in [-0.2, 0) is 0 Å². The first-order valence-electron chi connectivity index (χ1n) is 4.93. The van der Waals surface area contributed by atoms with Crippen LogP contribution in [0.4, 0.5) is 0 Å². The Bertz CT molecular complexity index is 299. The minimum Gasteiger partial charge on any atom is -0.388 e. The zero-order valence-electron chi connectivity index (χ0n) is 8.21. The van der Waals surface area contributed by atoms with Crippen molar-refractivity contribution in [3.8, 4) is 0 Å². The molecule has 0 spiro atoms. The van der Waals surface area contributed by atoms with Crippen molar-refractivity contribution in [2.45, 2.75) is 39.2 Å². The standard InChI is InChI=1S/C11H16OS/c1-7-8(2)13-6-10(7)11(12)9-4-3-5-9/h6,9,11-12H,3-5H2,1-2H3. The zero-order chi connectivity index (χ0) is 9.42. The maximum atomic E-state index is 10.0. The molecule has 1 nitrogen and oxygen atoms in total. The SMILES string of the molecule is Cc1scc(C(O)C2CCC2)c1C. The number of thiophene rings is 1. The summed E-state index contributed by atoms with van der Waals surface area (Å²) < 4.78 is 0. The Morgan fingerprint density at radius 1 is 1.46 bits per heavy atom. The topological polar surface area (TPSA) is 20.2 Å². The molecule has 1 aliphatic carbocycles. The third-order valence-corrected chi connectivity index (χ3v) is 4.27. The van der Waals surface area contributed by atoms with Gasteiger partial charge >= 0.3 is 0 Å². The molecule has 1 unspecified atom stereocenters. The van der Waals surface area contributed by atoms with Crippen molar-refractivity contribution in [1.82, 2.24) is 0 Å². The fourth-order valence-electron chi connectivity index (χ4n) is 1.83. The van der Waals surface area contributed by atoms with E-state index in [9.17, 15) is 5.11 Å². The molecule has 1 aromatic rings. The normalized spacial score (nSPS) is 19.9. The molecule has 1 atom stereocenters. The van der Waals surface area contributed by atoms with E-state index < -0.39 is 0 Å². The molecule has 1 N–H and O–H groups in total. The van der Waals surface area contributed by atoms with Gasteiger partial charge in [-0.3, -0.25) is 0 Å². The zero-order valence-corrected chi connectivity index (χ0v) is 9.03. The fraction of sp³-hybridized carbons (Fsp3) is 0.636. The average molecular weight is 196 g/mol. The van der Waals surface area contributed by atoms with Gasteiger partial charge in [-0.1, -0.05) is 6.42 Å². The van der Waals surface area contributed by atoms with Crippen LogP contribution in [0.2, 0.25) is 0 Å².